The molecule has 0 aliphatic rings. The molecule has 0 bridgehead atoms. The number of nitrogens with one attached hydrogen (secondary N) is 1. The van der Waals surface area contributed by atoms with Crippen molar-refractivity contribution >= 4 is 39.2 Å². The van der Waals surface area contributed by atoms with E-state index >= 15 is 0 Å². The number of hydrogen-bond donors (Lipinski definition) is 1. The third-order valence-corrected chi connectivity index (χ3v) is 5.63. The Hall–Kier alpha value is -4.39. The number of benzene rings is 3. The number of ether oxygens (including phenoxy) is 1. The van der Waals surface area contributed by atoms with Crippen molar-refractivity contribution in [2.75, 3.05) is 12.4 Å². The quantitative estimate of drug-likeness (QED) is 0.362. The molecule has 0 radical (unpaired) electrons. The maximum Gasteiger partial charge on any atom is 0.272 e. The highest BCUT2D eigenvalue weighted by atomic mass is 19.1. The first-order valence-electron chi connectivity index (χ1n) is 10.2. The lowest BCUT2D eigenvalue weighted by molar-refractivity contribution is 0.101. The van der Waals surface area contributed by atoms with E-state index in [1.165, 1.54) is 12.1 Å². The molecule has 0 fully saturated rings. The summed E-state index contributed by atoms with van der Waals surface area (Å²) in [5.74, 6) is -0.548. The molecule has 0 saturated heterocycles. The molecule has 33 heavy (non-hydrogen) atoms. The van der Waals surface area contributed by atoms with Crippen LogP contribution in [0.25, 0.3) is 21.9 Å². The summed E-state index contributed by atoms with van der Waals surface area (Å²) in [5.41, 5.74) is 2.07. The van der Waals surface area contributed by atoms with Gasteiger partial charge in [-0.3, -0.25) is 9.59 Å². The second kappa shape index (κ2) is 7.94. The van der Waals surface area contributed by atoms with Gasteiger partial charge in [0.25, 0.3) is 5.91 Å². The van der Waals surface area contributed by atoms with Crippen LogP contribution in [0.4, 0.5) is 10.1 Å². The SMILES string of the molecule is COc1ccc(C(=O)c2oc3ccccc3c2NC(=O)c2cc3ccc(F)cc3n2C)cc1. The number of rotatable bonds is 5. The maximum atomic E-state index is 13.7. The predicted octanol–water partition coefficient (Wildman–Crippen LogP) is 5.56. The standard InChI is InChI=1S/C26H19FN2O4/c1-29-20-14-17(27)10-7-16(20)13-21(29)26(31)28-23-19-5-3-4-6-22(19)33-25(23)24(30)15-8-11-18(32-2)12-9-15/h3-14H,1-2H3,(H,28,31). The van der Waals surface area contributed by atoms with Crippen LogP contribution in [0, 0.1) is 5.82 Å². The smallest absolute Gasteiger partial charge is 0.272 e. The molecular weight excluding hydrogens is 423 g/mol. The number of halogens is 1. The summed E-state index contributed by atoms with van der Waals surface area (Å²) in [7, 11) is 3.23. The molecule has 164 valence electrons. The minimum Gasteiger partial charge on any atom is -0.497 e. The van der Waals surface area contributed by atoms with E-state index < -0.39 is 5.91 Å². The predicted molar refractivity (Wildman–Crippen MR) is 123 cm³/mol. The Balaban J connectivity index is 1.57. The van der Waals surface area contributed by atoms with Gasteiger partial charge in [0.2, 0.25) is 5.78 Å². The number of anilines is 1. The Morgan fingerprint density at radius 1 is 1.00 bits per heavy atom. The van der Waals surface area contributed by atoms with Gasteiger partial charge in [0.1, 0.15) is 22.8 Å². The van der Waals surface area contributed by atoms with Crippen molar-refractivity contribution in [2.24, 2.45) is 7.05 Å². The Morgan fingerprint density at radius 3 is 2.52 bits per heavy atom. The largest absolute Gasteiger partial charge is 0.497 e. The van der Waals surface area contributed by atoms with Crippen LogP contribution < -0.4 is 10.1 Å². The number of amides is 1. The minimum absolute atomic E-state index is 0.0273. The summed E-state index contributed by atoms with van der Waals surface area (Å²) < 4.78 is 26.3. The fourth-order valence-electron chi connectivity index (χ4n) is 3.90. The zero-order valence-electron chi connectivity index (χ0n) is 17.9. The van der Waals surface area contributed by atoms with Gasteiger partial charge in [-0.1, -0.05) is 12.1 Å². The van der Waals surface area contributed by atoms with Gasteiger partial charge in [0.05, 0.1) is 18.3 Å². The number of carbonyl (C=O) groups excluding carboxylic acids is 2. The molecule has 0 spiro atoms. The van der Waals surface area contributed by atoms with Crippen LogP contribution in [-0.2, 0) is 7.05 Å². The zero-order valence-corrected chi connectivity index (χ0v) is 17.9. The summed E-state index contributed by atoms with van der Waals surface area (Å²) in [6.07, 6.45) is 0. The van der Waals surface area contributed by atoms with E-state index in [9.17, 15) is 14.0 Å². The second-order valence-electron chi connectivity index (χ2n) is 7.61. The molecule has 0 aliphatic carbocycles. The average Bonchev–Trinajstić information content (AvgIpc) is 3.36. The van der Waals surface area contributed by atoms with Gasteiger partial charge in [0.15, 0.2) is 5.76 Å². The molecule has 2 heterocycles. The second-order valence-corrected chi connectivity index (χ2v) is 7.61. The Bertz CT molecular complexity index is 1530. The molecule has 3 aromatic carbocycles. The lowest BCUT2D eigenvalue weighted by Crippen LogP contribution is -2.17. The molecule has 2 aromatic heterocycles. The van der Waals surface area contributed by atoms with Crippen LogP contribution in [0.3, 0.4) is 0 Å². The maximum absolute atomic E-state index is 13.7. The highest BCUT2D eigenvalue weighted by molar-refractivity contribution is 6.19. The molecule has 1 amide bonds. The number of aryl methyl sites for hydroxylation is 1. The lowest BCUT2D eigenvalue weighted by Gasteiger charge is -2.08. The van der Waals surface area contributed by atoms with Gasteiger partial charge < -0.3 is 19.0 Å². The number of nitrogens with zero attached hydrogens (tertiary/aromatic N) is 1. The number of ketones is 1. The normalized spacial score (nSPS) is 11.1. The third kappa shape index (κ3) is 3.53. The van der Waals surface area contributed by atoms with Gasteiger partial charge in [-0.2, -0.15) is 0 Å². The molecule has 5 aromatic rings. The first kappa shape index (κ1) is 20.5. The van der Waals surface area contributed by atoms with E-state index in [0.717, 1.165) is 5.39 Å². The van der Waals surface area contributed by atoms with E-state index in [-0.39, 0.29) is 23.0 Å². The summed E-state index contributed by atoms with van der Waals surface area (Å²) in [6.45, 7) is 0. The van der Waals surface area contributed by atoms with Crippen LogP contribution in [0.2, 0.25) is 0 Å². The molecule has 6 nitrogen and oxygen atoms in total. The molecule has 0 atom stereocenters. The molecule has 5 rings (SSSR count). The monoisotopic (exact) mass is 442 g/mol. The van der Waals surface area contributed by atoms with Gasteiger partial charge in [-0.05, 0) is 60.7 Å². The lowest BCUT2D eigenvalue weighted by atomic mass is 10.1. The fraction of sp³-hybridized carbons (Fsp3) is 0.0769. The summed E-state index contributed by atoms with van der Waals surface area (Å²) in [5, 5.41) is 4.18. The van der Waals surface area contributed by atoms with Crippen molar-refractivity contribution in [2.45, 2.75) is 0 Å². The topological polar surface area (TPSA) is 73.5 Å². The van der Waals surface area contributed by atoms with Crippen molar-refractivity contribution in [3.8, 4) is 5.75 Å². The number of carbonyl (C=O) groups is 2. The third-order valence-electron chi connectivity index (χ3n) is 5.63. The van der Waals surface area contributed by atoms with E-state index in [1.807, 2.05) is 0 Å². The highest BCUT2D eigenvalue weighted by Gasteiger charge is 2.25. The summed E-state index contributed by atoms with van der Waals surface area (Å²) in [6, 6.07) is 19.8. The Labute approximate surface area is 188 Å². The molecule has 0 aliphatic heterocycles. The van der Waals surface area contributed by atoms with E-state index in [2.05, 4.69) is 5.32 Å². The van der Waals surface area contributed by atoms with Gasteiger partial charge in [0, 0.05) is 23.4 Å². The Morgan fingerprint density at radius 2 is 1.76 bits per heavy atom. The van der Waals surface area contributed by atoms with Gasteiger partial charge >= 0.3 is 0 Å². The van der Waals surface area contributed by atoms with Crippen molar-refractivity contribution in [3.05, 3.63) is 95.6 Å². The van der Waals surface area contributed by atoms with Crippen LogP contribution in [0.15, 0.2) is 77.2 Å². The number of furan rings is 1. The van der Waals surface area contributed by atoms with E-state index in [0.29, 0.717) is 33.5 Å². The summed E-state index contributed by atoms with van der Waals surface area (Å²) >= 11 is 0. The summed E-state index contributed by atoms with van der Waals surface area (Å²) in [4.78, 5) is 26.5. The van der Waals surface area contributed by atoms with Gasteiger partial charge in [-0.15, -0.1) is 0 Å². The average molecular weight is 442 g/mol. The van der Waals surface area contributed by atoms with Gasteiger partial charge in [-0.25, -0.2) is 4.39 Å². The highest BCUT2D eigenvalue weighted by Crippen LogP contribution is 2.33. The number of methoxy groups -OCH3 is 1. The number of aromatic nitrogens is 1. The molecule has 0 saturated carbocycles. The van der Waals surface area contributed by atoms with E-state index in [4.69, 9.17) is 9.15 Å². The molecule has 1 N–H and O–H groups in total. The van der Waals surface area contributed by atoms with Crippen LogP contribution in [0.1, 0.15) is 26.6 Å². The first-order chi connectivity index (χ1) is 16.0. The van der Waals surface area contributed by atoms with Crippen molar-refractivity contribution < 1.29 is 23.1 Å². The van der Waals surface area contributed by atoms with Crippen LogP contribution in [0.5, 0.6) is 5.75 Å². The van der Waals surface area contributed by atoms with Crippen LogP contribution >= 0.6 is 0 Å². The first-order valence-corrected chi connectivity index (χ1v) is 10.2. The number of fused-ring (bicyclic) bond motifs is 2. The number of para-hydroxylation sites is 1. The van der Waals surface area contributed by atoms with Crippen molar-refractivity contribution in [3.63, 3.8) is 0 Å². The van der Waals surface area contributed by atoms with E-state index in [1.54, 1.807) is 79.4 Å². The minimum atomic E-state index is -0.440. The fourth-order valence-corrected chi connectivity index (χ4v) is 3.90. The van der Waals surface area contributed by atoms with Crippen molar-refractivity contribution in [1.82, 2.24) is 4.57 Å². The molecule has 7 heteroatoms. The molecule has 0 unspecified atom stereocenters. The molecular formula is C26H19FN2O4. The zero-order chi connectivity index (χ0) is 23.1. The van der Waals surface area contributed by atoms with Crippen LogP contribution in [-0.4, -0.2) is 23.4 Å². The Kier molecular flexibility index (Phi) is 4.94. The van der Waals surface area contributed by atoms with Crippen molar-refractivity contribution in [1.29, 1.82) is 0 Å². The number of hydrogen-bond acceptors (Lipinski definition) is 4.